The van der Waals surface area contributed by atoms with E-state index in [1.807, 2.05) is 18.0 Å². The van der Waals surface area contributed by atoms with Crippen molar-refractivity contribution in [3.05, 3.63) is 16.9 Å². The molecule has 0 aromatic carbocycles. The van der Waals surface area contributed by atoms with Gasteiger partial charge in [0, 0.05) is 38.4 Å². The standard InChI is InChI=1S/C15H23BrN4O/c1-12(20-11-13(16)10-17-20)15(21)19-8-6-18(7-9-19)14-4-2-3-5-14/h10-12,14H,2-9H2,1H3. The van der Waals surface area contributed by atoms with Crippen LogP contribution in [0, 0.1) is 0 Å². The van der Waals surface area contributed by atoms with Crippen molar-refractivity contribution in [3.63, 3.8) is 0 Å². The van der Waals surface area contributed by atoms with E-state index in [1.165, 1.54) is 25.7 Å². The van der Waals surface area contributed by atoms with Gasteiger partial charge in [-0.1, -0.05) is 12.8 Å². The Hall–Kier alpha value is -0.880. The lowest BCUT2D eigenvalue weighted by atomic mass is 10.1. The number of carbonyl (C=O) groups excluding carboxylic acids is 1. The van der Waals surface area contributed by atoms with Gasteiger partial charge in [0.2, 0.25) is 5.91 Å². The molecular weight excluding hydrogens is 332 g/mol. The number of aromatic nitrogens is 2. The van der Waals surface area contributed by atoms with Gasteiger partial charge in [-0.15, -0.1) is 0 Å². The molecule has 0 N–H and O–H groups in total. The molecule has 1 saturated heterocycles. The van der Waals surface area contributed by atoms with E-state index in [4.69, 9.17) is 0 Å². The predicted molar refractivity (Wildman–Crippen MR) is 85.0 cm³/mol. The molecule has 1 amide bonds. The maximum absolute atomic E-state index is 12.6. The summed E-state index contributed by atoms with van der Waals surface area (Å²) in [5.41, 5.74) is 0. The molecular formula is C15H23BrN4O. The minimum atomic E-state index is -0.227. The molecule has 1 aliphatic heterocycles. The lowest BCUT2D eigenvalue weighted by Crippen LogP contribution is -2.52. The molecule has 2 heterocycles. The summed E-state index contributed by atoms with van der Waals surface area (Å²) in [6, 6.07) is 0.538. The topological polar surface area (TPSA) is 41.4 Å². The third kappa shape index (κ3) is 3.31. The number of nitrogens with zero attached hydrogens (tertiary/aromatic N) is 4. The van der Waals surface area contributed by atoms with Crippen molar-refractivity contribution in [2.24, 2.45) is 0 Å². The Bertz CT molecular complexity index is 490. The van der Waals surface area contributed by atoms with Gasteiger partial charge in [-0.2, -0.15) is 5.10 Å². The highest BCUT2D eigenvalue weighted by Crippen LogP contribution is 2.24. The van der Waals surface area contributed by atoms with Gasteiger partial charge in [0.25, 0.3) is 0 Å². The van der Waals surface area contributed by atoms with Crippen molar-refractivity contribution in [1.82, 2.24) is 19.6 Å². The van der Waals surface area contributed by atoms with Crippen molar-refractivity contribution >= 4 is 21.8 Å². The molecule has 0 spiro atoms. The summed E-state index contributed by atoms with van der Waals surface area (Å²) < 4.78 is 2.64. The zero-order valence-electron chi connectivity index (χ0n) is 12.5. The Balaban J connectivity index is 1.54. The number of halogens is 1. The first-order valence-electron chi connectivity index (χ1n) is 7.87. The Morgan fingerprint density at radius 1 is 1.29 bits per heavy atom. The number of piperazine rings is 1. The van der Waals surface area contributed by atoms with Crippen LogP contribution in [0.25, 0.3) is 0 Å². The van der Waals surface area contributed by atoms with Crippen LogP contribution in [0.5, 0.6) is 0 Å². The van der Waals surface area contributed by atoms with Crippen LogP contribution in [-0.4, -0.2) is 57.7 Å². The van der Waals surface area contributed by atoms with E-state index in [2.05, 4.69) is 25.9 Å². The lowest BCUT2D eigenvalue weighted by Gasteiger charge is -2.38. The summed E-state index contributed by atoms with van der Waals surface area (Å²) in [7, 11) is 0. The van der Waals surface area contributed by atoms with Crippen molar-refractivity contribution in [1.29, 1.82) is 0 Å². The van der Waals surface area contributed by atoms with Crippen molar-refractivity contribution < 1.29 is 4.79 Å². The Kier molecular flexibility index (Phi) is 4.64. The molecule has 2 aliphatic rings. The molecule has 1 aromatic rings. The summed E-state index contributed by atoms with van der Waals surface area (Å²) >= 11 is 3.38. The molecule has 1 aromatic heterocycles. The molecule has 5 nitrogen and oxygen atoms in total. The van der Waals surface area contributed by atoms with Gasteiger partial charge in [-0.05, 0) is 35.7 Å². The largest absolute Gasteiger partial charge is 0.338 e. The average molecular weight is 355 g/mol. The Morgan fingerprint density at radius 2 is 1.95 bits per heavy atom. The molecule has 0 bridgehead atoms. The Morgan fingerprint density at radius 3 is 2.52 bits per heavy atom. The van der Waals surface area contributed by atoms with Crippen molar-refractivity contribution in [2.45, 2.75) is 44.7 Å². The summed E-state index contributed by atoms with van der Waals surface area (Å²) in [4.78, 5) is 17.1. The predicted octanol–water partition coefficient (Wildman–Crippen LogP) is 2.29. The zero-order valence-corrected chi connectivity index (χ0v) is 14.1. The lowest BCUT2D eigenvalue weighted by molar-refractivity contribution is -0.136. The number of rotatable bonds is 3. The minimum absolute atomic E-state index is 0.177. The minimum Gasteiger partial charge on any atom is -0.338 e. The summed E-state index contributed by atoms with van der Waals surface area (Å²) in [5, 5.41) is 4.22. The van der Waals surface area contributed by atoms with Gasteiger partial charge in [0.05, 0.1) is 10.7 Å². The summed E-state index contributed by atoms with van der Waals surface area (Å²) in [5.74, 6) is 0.177. The highest BCUT2D eigenvalue weighted by atomic mass is 79.9. The maximum atomic E-state index is 12.6. The van der Waals surface area contributed by atoms with Crippen molar-refractivity contribution in [2.75, 3.05) is 26.2 Å². The van der Waals surface area contributed by atoms with E-state index in [-0.39, 0.29) is 11.9 Å². The molecule has 116 valence electrons. The highest BCUT2D eigenvalue weighted by Gasteiger charge is 2.30. The molecule has 21 heavy (non-hydrogen) atoms. The van der Waals surface area contributed by atoms with Gasteiger partial charge >= 0.3 is 0 Å². The van der Waals surface area contributed by atoms with Crippen LogP contribution in [0.2, 0.25) is 0 Å². The molecule has 1 aliphatic carbocycles. The van der Waals surface area contributed by atoms with E-state index >= 15 is 0 Å². The van der Waals surface area contributed by atoms with Crippen LogP contribution >= 0.6 is 15.9 Å². The third-order valence-electron chi connectivity index (χ3n) is 4.79. The summed E-state index contributed by atoms with van der Waals surface area (Å²) in [6.07, 6.45) is 9.00. The van der Waals surface area contributed by atoms with E-state index in [1.54, 1.807) is 10.9 Å². The van der Waals surface area contributed by atoms with Gasteiger partial charge in [-0.3, -0.25) is 14.4 Å². The fourth-order valence-corrected chi connectivity index (χ4v) is 3.78. The fraction of sp³-hybridized carbons (Fsp3) is 0.733. The van der Waals surface area contributed by atoms with Crippen LogP contribution in [0.15, 0.2) is 16.9 Å². The number of amides is 1. The first-order chi connectivity index (χ1) is 10.1. The van der Waals surface area contributed by atoms with E-state index in [0.29, 0.717) is 0 Å². The van der Waals surface area contributed by atoms with Gasteiger partial charge in [0.15, 0.2) is 0 Å². The number of hydrogen-bond acceptors (Lipinski definition) is 3. The van der Waals surface area contributed by atoms with Crippen molar-refractivity contribution in [3.8, 4) is 0 Å². The molecule has 2 fully saturated rings. The monoisotopic (exact) mass is 354 g/mol. The molecule has 1 saturated carbocycles. The van der Waals surface area contributed by atoms with Crippen LogP contribution in [0.4, 0.5) is 0 Å². The van der Waals surface area contributed by atoms with Gasteiger partial charge in [-0.25, -0.2) is 0 Å². The van der Waals surface area contributed by atoms with E-state index < -0.39 is 0 Å². The highest BCUT2D eigenvalue weighted by molar-refractivity contribution is 9.10. The first kappa shape index (κ1) is 15.0. The van der Waals surface area contributed by atoms with Crippen LogP contribution in [0.3, 0.4) is 0 Å². The molecule has 3 rings (SSSR count). The van der Waals surface area contributed by atoms with Gasteiger partial charge in [0.1, 0.15) is 6.04 Å². The summed E-state index contributed by atoms with van der Waals surface area (Å²) in [6.45, 7) is 5.66. The molecule has 1 unspecified atom stereocenters. The first-order valence-corrected chi connectivity index (χ1v) is 8.67. The molecule has 0 radical (unpaired) electrons. The second-order valence-electron chi connectivity index (χ2n) is 6.11. The van der Waals surface area contributed by atoms with Crippen LogP contribution in [-0.2, 0) is 4.79 Å². The van der Waals surface area contributed by atoms with Gasteiger partial charge < -0.3 is 4.90 Å². The fourth-order valence-electron chi connectivity index (χ4n) is 3.48. The average Bonchev–Trinajstić information content (AvgIpc) is 3.17. The normalized spacial score (nSPS) is 22.7. The zero-order chi connectivity index (χ0) is 14.8. The Labute approximate surface area is 134 Å². The number of hydrogen-bond donors (Lipinski definition) is 0. The second-order valence-corrected chi connectivity index (χ2v) is 7.03. The van der Waals surface area contributed by atoms with Crippen LogP contribution < -0.4 is 0 Å². The quantitative estimate of drug-likeness (QED) is 0.836. The van der Waals surface area contributed by atoms with Crippen LogP contribution in [0.1, 0.15) is 38.6 Å². The maximum Gasteiger partial charge on any atom is 0.247 e. The second kappa shape index (κ2) is 6.48. The molecule has 1 atom stereocenters. The number of carbonyl (C=O) groups is 1. The van der Waals surface area contributed by atoms with E-state index in [9.17, 15) is 4.79 Å². The van der Waals surface area contributed by atoms with E-state index in [0.717, 1.165) is 36.7 Å². The molecule has 6 heteroatoms. The third-order valence-corrected chi connectivity index (χ3v) is 5.20. The SMILES string of the molecule is CC(C(=O)N1CCN(C2CCCC2)CC1)n1cc(Br)cn1. The smallest absolute Gasteiger partial charge is 0.247 e.